The van der Waals surface area contributed by atoms with Crippen molar-refractivity contribution < 1.29 is 28.2 Å². The Bertz CT molecular complexity index is 1180. The molecular weight excluding hydrogens is 401 g/mol. The van der Waals surface area contributed by atoms with Crippen LogP contribution in [0.15, 0.2) is 70.9 Å². The summed E-state index contributed by atoms with van der Waals surface area (Å²) in [6.45, 7) is 1.62. The number of hydrogen-bond donors (Lipinski definition) is 1. The molecule has 4 rings (SSSR count). The van der Waals surface area contributed by atoms with Gasteiger partial charge in [-0.05, 0) is 48.4 Å². The number of rotatable bonds is 5. The molecule has 1 aliphatic heterocycles. The van der Waals surface area contributed by atoms with Gasteiger partial charge in [-0.3, -0.25) is 9.59 Å². The first-order chi connectivity index (χ1) is 14.9. The summed E-state index contributed by atoms with van der Waals surface area (Å²) in [4.78, 5) is 27.2. The zero-order chi connectivity index (χ0) is 22.1. The maximum Gasteiger partial charge on any atom is 0.296 e. The molecule has 31 heavy (non-hydrogen) atoms. The van der Waals surface area contributed by atoms with Gasteiger partial charge >= 0.3 is 0 Å². The topological polar surface area (TPSA) is 80.0 Å². The average molecular weight is 421 g/mol. The summed E-state index contributed by atoms with van der Waals surface area (Å²) in [6, 6.07) is 13.5. The highest BCUT2D eigenvalue weighted by atomic mass is 19.1. The van der Waals surface area contributed by atoms with E-state index in [1.54, 1.807) is 43.3 Å². The van der Waals surface area contributed by atoms with Crippen LogP contribution in [0.1, 0.15) is 28.5 Å². The fourth-order valence-electron chi connectivity index (χ4n) is 3.67. The number of aliphatic hydroxyl groups is 1. The molecule has 1 fully saturated rings. The van der Waals surface area contributed by atoms with Gasteiger partial charge in [0.2, 0.25) is 0 Å². The van der Waals surface area contributed by atoms with Crippen LogP contribution in [0, 0.1) is 12.7 Å². The lowest BCUT2D eigenvalue weighted by atomic mass is 9.94. The van der Waals surface area contributed by atoms with Crippen LogP contribution in [0.3, 0.4) is 0 Å². The number of methoxy groups -OCH3 is 1. The standard InChI is InChI=1S/C24H20FNO5/c1-14-8-9-16(12-19(14)25)22(27)20-21(15-5-3-6-17(11-15)30-2)26(24(29)23(20)28)13-18-7-4-10-31-18/h3-12,21,27H,13H2,1-2H3/t21-/m1/s1. The smallest absolute Gasteiger partial charge is 0.296 e. The van der Waals surface area contributed by atoms with Crippen LogP contribution in [0.5, 0.6) is 5.75 Å². The number of aliphatic hydroxyl groups excluding tert-OH is 1. The highest BCUT2D eigenvalue weighted by molar-refractivity contribution is 6.46. The quantitative estimate of drug-likeness (QED) is 0.376. The minimum atomic E-state index is -0.899. The van der Waals surface area contributed by atoms with Gasteiger partial charge in [-0.1, -0.05) is 24.3 Å². The molecule has 1 aliphatic rings. The number of furan rings is 1. The third-order valence-corrected chi connectivity index (χ3v) is 5.30. The molecule has 2 heterocycles. The number of amides is 1. The second kappa shape index (κ2) is 8.10. The molecule has 1 N–H and O–H groups in total. The maximum absolute atomic E-state index is 14.1. The van der Waals surface area contributed by atoms with E-state index in [4.69, 9.17) is 9.15 Å². The molecule has 3 aromatic rings. The van der Waals surface area contributed by atoms with E-state index in [-0.39, 0.29) is 17.7 Å². The van der Waals surface area contributed by atoms with E-state index in [2.05, 4.69) is 0 Å². The highest BCUT2D eigenvalue weighted by Crippen LogP contribution is 2.41. The van der Waals surface area contributed by atoms with Gasteiger partial charge in [-0.25, -0.2) is 4.39 Å². The number of nitrogens with zero attached hydrogens (tertiary/aromatic N) is 1. The Kier molecular flexibility index (Phi) is 5.33. The third-order valence-electron chi connectivity index (χ3n) is 5.30. The van der Waals surface area contributed by atoms with Crippen molar-refractivity contribution in [3.05, 3.63) is 94.7 Å². The number of benzene rings is 2. The fourth-order valence-corrected chi connectivity index (χ4v) is 3.67. The predicted molar refractivity (Wildman–Crippen MR) is 111 cm³/mol. The molecular formula is C24H20FNO5. The van der Waals surface area contributed by atoms with E-state index >= 15 is 0 Å². The lowest BCUT2D eigenvalue weighted by molar-refractivity contribution is -0.140. The molecule has 0 saturated carbocycles. The van der Waals surface area contributed by atoms with Gasteiger partial charge in [0.1, 0.15) is 23.1 Å². The SMILES string of the molecule is COc1cccc([C@@H]2C(=C(O)c3ccc(C)c(F)c3)C(=O)C(=O)N2Cc2ccco2)c1. The summed E-state index contributed by atoms with van der Waals surface area (Å²) in [6.07, 6.45) is 1.47. The predicted octanol–water partition coefficient (Wildman–Crippen LogP) is 4.36. The fraction of sp³-hybridized carbons (Fsp3) is 0.167. The Labute approximate surface area is 178 Å². The number of aryl methyl sites for hydroxylation is 1. The van der Waals surface area contributed by atoms with E-state index in [9.17, 15) is 19.1 Å². The van der Waals surface area contributed by atoms with Crippen molar-refractivity contribution in [2.45, 2.75) is 19.5 Å². The molecule has 0 unspecified atom stereocenters. The molecule has 7 heteroatoms. The Hall–Kier alpha value is -3.87. The Morgan fingerprint density at radius 3 is 2.65 bits per heavy atom. The van der Waals surface area contributed by atoms with Crippen molar-refractivity contribution >= 4 is 17.4 Å². The van der Waals surface area contributed by atoms with E-state index in [0.717, 1.165) is 6.07 Å². The number of carbonyl (C=O) groups excluding carboxylic acids is 2. The molecule has 2 aromatic carbocycles. The zero-order valence-electron chi connectivity index (χ0n) is 17.0. The van der Waals surface area contributed by atoms with Gasteiger partial charge < -0.3 is 19.2 Å². The first-order valence-electron chi connectivity index (χ1n) is 9.62. The Morgan fingerprint density at radius 1 is 1.16 bits per heavy atom. The summed E-state index contributed by atoms with van der Waals surface area (Å²) in [5.41, 5.74) is 0.971. The van der Waals surface area contributed by atoms with Crippen molar-refractivity contribution in [2.75, 3.05) is 7.11 Å². The normalized spacial score (nSPS) is 17.9. The second-order valence-corrected chi connectivity index (χ2v) is 7.25. The maximum atomic E-state index is 14.1. The molecule has 0 radical (unpaired) electrons. The Balaban J connectivity index is 1.89. The van der Waals surface area contributed by atoms with Crippen LogP contribution in [0.2, 0.25) is 0 Å². The van der Waals surface area contributed by atoms with Crippen LogP contribution >= 0.6 is 0 Å². The van der Waals surface area contributed by atoms with Crippen LogP contribution in [0.25, 0.3) is 5.76 Å². The van der Waals surface area contributed by atoms with Crippen molar-refractivity contribution in [2.24, 2.45) is 0 Å². The number of carbonyl (C=O) groups is 2. The zero-order valence-corrected chi connectivity index (χ0v) is 17.0. The summed E-state index contributed by atoms with van der Waals surface area (Å²) in [5, 5.41) is 11.0. The van der Waals surface area contributed by atoms with E-state index < -0.39 is 29.3 Å². The van der Waals surface area contributed by atoms with E-state index in [1.165, 1.54) is 30.4 Å². The van der Waals surface area contributed by atoms with E-state index in [0.29, 0.717) is 22.6 Å². The van der Waals surface area contributed by atoms with Gasteiger partial charge in [0, 0.05) is 5.56 Å². The number of hydrogen-bond acceptors (Lipinski definition) is 5. The molecule has 0 spiro atoms. The molecule has 1 amide bonds. The van der Waals surface area contributed by atoms with Crippen molar-refractivity contribution in [3.63, 3.8) is 0 Å². The summed E-state index contributed by atoms with van der Waals surface area (Å²) >= 11 is 0. The molecule has 1 aromatic heterocycles. The van der Waals surface area contributed by atoms with E-state index in [1.807, 2.05) is 0 Å². The number of ketones is 1. The first kappa shape index (κ1) is 20.4. The van der Waals surface area contributed by atoms with Crippen molar-refractivity contribution in [3.8, 4) is 5.75 Å². The van der Waals surface area contributed by atoms with Crippen LogP contribution in [0.4, 0.5) is 4.39 Å². The van der Waals surface area contributed by atoms with Crippen LogP contribution in [-0.2, 0) is 16.1 Å². The van der Waals surface area contributed by atoms with Gasteiger partial charge in [0.25, 0.3) is 11.7 Å². The Morgan fingerprint density at radius 2 is 1.97 bits per heavy atom. The summed E-state index contributed by atoms with van der Waals surface area (Å²) in [7, 11) is 1.51. The minimum Gasteiger partial charge on any atom is -0.507 e. The number of Topliss-reactive ketones (excluding diaryl/α,β-unsaturated/α-hetero) is 1. The average Bonchev–Trinajstić information content (AvgIpc) is 3.37. The summed E-state index contributed by atoms with van der Waals surface area (Å²) < 4.78 is 24.8. The summed E-state index contributed by atoms with van der Waals surface area (Å²) in [5.74, 6) is -1.58. The van der Waals surface area contributed by atoms with Crippen LogP contribution in [-0.4, -0.2) is 28.8 Å². The van der Waals surface area contributed by atoms with Gasteiger partial charge in [-0.15, -0.1) is 0 Å². The van der Waals surface area contributed by atoms with Crippen molar-refractivity contribution in [1.82, 2.24) is 4.90 Å². The van der Waals surface area contributed by atoms with Gasteiger partial charge in [-0.2, -0.15) is 0 Å². The minimum absolute atomic E-state index is 0.0263. The number of halogens is 1. The third kappa shape index (κ3) is 3.70. The molecule has 1 atom stereocenters. The molecule has 0 bridgehead atoms. The lowest BCUT2D eigenvalue weighted by Crippen LogP contribution is -2.29. The first-order valence-corrected chi connectivity index (χ1v) is 9.62. The molecule has 6 nitrogen and oxygen atoms in total. The van der Waals surface area contributed by atoms with Gasteiger partial charge in [0.15, 0.2) is 0 Å². The molecule has 158 valence electrons. The molecule has 0 aliphatic carbocycles. The van der Waals surface area contributed by atoms with Crippen LogP contribution < -0.4 is 4.74 Å². The number of likely N-dealkylation sites (tertiary alicyclic amines) is 1. The highest BCUT2D eigenvalue weighted by Gasteiger charge is 2.46. The van der Waals surface area contributed by atoms with Crippen molar-refractivity contribution in [1.29, 1.82) is 0 Å². The molecule has 1 saturated heterocycles. The largest absolute Gasteiger partial charge is 0.507 e. The monoisotopic (exact) mass is 421 g/mol. The number of ether oxygens (including phenoxy) is 1. The van der Waals surface area contributed by atoms with Gasteiger partial charge in [0.05, 0.1) is 31.5 Å². The second-order valence-electron chi connectivity index (χ2n) is 7.25. The lowest BCUT2D eigenvalue weighted by Gasteiger charge is -2.24.